The Hall–Kier alpha value is -2.08. The number of methoxy groups -OCH3 is 1. The highest BCUT2D eigenvalue weighted by Crippen LogP contribution is 2.11. The molecule has 0 heterocycles. The molecular weight excluding hydrogens is 250 g/mol. The second kappa shape index (κ2) is 6.19. The predicted octanol–water partition coefficient (Wildman–Crippen LogP) is 0.189. The largest absolute Gasteiger partial charge is 0.497 e. The van der Waals surface area contributed by atoms with Crippen molar-refractivity contribution < 1.29 is 24.5 Å². The molecule has 1 aromatic carbocycles. The zero-order valence-corrected chi connectivity index (χ0v) is 10.8. The van der Waals surface area contributed by atoms with E-state index in [2.05, 4.69) is 5.32 Å². The third-order valence-corrected chi connectivity index (χ3v) is 2.61. The third kappa shape index (κ3) is 4.59. The van der Waals surface area contributed by atoms with Crippen molar-refractivity contribution in [2.75, 3.05) is 13.7 Å². The second-order valence-electron chi connectivity index (χ2n) is 4.38. The molecule has 1 atom stereocenters. The maximum Gasteiger partial charge on any atom is 0.337 e. The van der Waals surface area contributed by atoms with Crippen molar-refractivity contribution in [3.8, 4) is 5.75 Å². The zero-order chi connectivity index (χ0) is 14.5. The van der Waals surface area contributed by atoms with E-state index in [1.165, 1.54) is 0 Å². The van der Waals surface area contributed by atoms with E-state index in [4.69, 9.17) is 9.84 Å². The third-order valence-electron chi connectivity index (χ3n) is 2.61. The van der Waals surface area contributed by atoms with E-state index in [9.17, 15) is 14.7 Å². The summed E-state index contributed by atoms with van der Waals surface area (Å²) in [6.07, 6.45) is 0.111. The van der Waals surface area contributed by atoms with Gasteiger partial charge in [0.1, 0.15) is 5.75 Å². The number of ether oxygens (including phenoxy) is 1. The highest BCUT2D eigenvalue weighted by Gasteiger charge is 2.30. The molecule has 6 heteroatoms. The molecule has 0 bridgehead atoms. The molecule has 0 aliphatic rings. The van der Waals surface area contributed by atoms with E-state index in [0.717, 1.165) is 12.5 Å². The molecule has 0 aliphatic carbocycles. The van der Waals surface area contributed by atoms with Crippen LogP contribution in [0.25, 0.3) is 0 Å². The summed E-state index contributed by atoms with van der Waals surface area (Å²) in [5, 5.41) is 20.5. The Balaban J connectivity index is 2.49. The van der Waals surface area contributed by atoms with Crippen LogP contribution < -0.4 is 10.1 Å². The molecule has 0 aromatic heterocycles. The van der Waals surface area contributed by atoms with E-state index in [-0.39, 0.29) is 18.9 Å². The number of carboxylic acids is 1. The van der Waals surface area contributed by atoms with Crippen LogP contribution in [0.15, 0.2) is 24.3 Å². The number of carbonyl (C=O) groups is 2. The Morgan fingerprint density at radius 2 is 1.89 bits per heavy atom. The average Bonchev–Trinajstić information content (AvgIpc) is 2.37. The molecular formula is C13H17NO5. The van der Waals surface area contributed by atoms with Gasteiger partial charge in [-0.05, 0) is 24.6 Å². The maximum atomic E-state index is 11.6. The van der Waals surface area contributed by atoms with E-state index in [0.29, 0.717) is 5.75 Å². The quantitative estimate of drug-likeness (QED) is 0.683. The summed E-state index contributed by atoms with van der Waals surface area (Å²) in [5.41, 5.74) is -1.19. The number of carbonyl (C=O) groups excluding carboxylic acids is 1. The van der Waals surface area contributed by atoms with Crippen LogP contribution >= 0.6 is 0 Å². The summed E-state index contributed by atoms with van der Waals surface area (Å²) in [4.78, 5) is 22.2. The lowest BCUT2D eigenvalue weighted by Crippen LogP contribution is -2.46. The maximum absolute atomic E-state index is 11.6. The lowest BCUT2D eigenvalue weighted by molar-refractivity contribution is -0.156. The molecule has 1 unspecified atom stereocenters. The van der Waals surface area contributed by atoms with Crippen LogP contribution in [-0.4, -0.2) is 41.3 Å². The highest BCUT2D eigenvalue weighted by atomic mass is 16.5. The Kier molecular flexibility index (Phi) is 4.88. The molecule has 3 N–H and O–H groups in total. The Bertz CT molecular complexity index is 453. The number of hydrogen-bond acceptors (Lipinski definition) is 4. The number of amides is 1. The monoisotopic (exact) mass is 267 g/mol. The van der Waals surface area contributed by atoms with Gasteiger partial charge < -0.3 is 20.3 Å². The number of rotatable bonds is 6. The van der Waals surface area contributed by atoms with Crippen molar-refractivity contribution in [2.45, 2.75) is 18.9 Å². The molecule has 0 spiro atoms. The fraction of sp³-hybridized carbons (Fsp3) is 0.385. The van der Waals surface area contributed by atoms with Crippen molar-refractivity contribution in [3.63, 3.8) is 0 Å². The van der Waals surface area contributed by atoms with Crippen LogP contribution in [0.3, 0.4) is 0 Å². The van der Waals surface area contributed by atoms with Crippen molar-refractivity contribution in [3.05, 3.63) is 29.8 Å². The number of hydrogen-bond donors (Lipinski definition) is 3. The summed E-state index contributed by atoms with van der Waals surface area (Å²) in [6.45, 7) is 0.792. The van der Waals surface area contributed by atoms with Gasteiger partial charge in [0.05, 0.1) is 20.1 Å². The SMILES string of the molecule is COc1ccc(CC(=O)NCC(C)(O)C(=O)O)cc1. The molecule has 0 saturated carbocycles. The Morgan fingerprint density at radius 1 is 1.32 bits per heavy atom. The number of nitrogens with one attached hydrogen (secondary N) is 1. The van der Waals surface area contributed by atoms with Crippen LogP contribution in [0, 0.1) is 0 Å². The van der Waals surface area contributed by atoms with E-state index in [1.54, 1.807) is 31.4 Å². The minimum Gasteiger partial charge on any atom is -0.497 e. The number of aliphatic carboxylic acids is 1. The average molecular weight is 267 g/mol. The summed E-state index contributed by atoms with van der Waals surface area (Å²) < 4.78 is 4.99. The standard InChI is InChI=1S/C13H17NO5/c1-13(18,12(16)17)8-14-11(15)7-9-3-5-10(19-2)6-4-9/h3-6,18H,7-8H2,1-2H3,(H,14,15)(H,16,17). The van der Waals surface area contributed by atoms with Crippen LogP contribution in [0.1, 0.15) is 12.5 Å². The number of aliphatic hydroxyl groups is 1. The van der Waals surface area contributed by atoms with E-state index in [1.807, 2.05) is 0 Å². The van der Waals surface area contributed by atoms with Crippen molar-refractivity contribution in [1.82, 2.24) is 5.32 Å². The minimum absolute atomic E-state index is 0.111. The Labute approximate surface area is 111 Å². The first-order valence-electron chi connectivity index (χ1n) is 5.70. The highest BCUT2D eigenvalue weighted by molar-refractivity contribution is 5.81. The molecule has 0 fully saturated rings. The predicted molar refractivity (Wildman–Crippen MR) is 68.0 cm³/mol. The van der Waals surface area contributed by atoms with Crippen molar-refractivity contribution in [1.29, 1.82) is 0 Å². The first-order valence-corrected chi connectivity index (χ1v) is 5.70. The normalized spacial score (nSPS) is 13.4. The van der Waals surface area contributed by atoms with E-state index >= 15 is 0 Å². The molecule has 0 aliphatic heterocycles. The van der Waals surface area contributed by atoms with Gasteiger partial charge in [-0.1, -0.05) is 12.1 Å². The summed E-state index contributed by atoms with van der Waals surface area (Å²) >= 11 is 0. The molecule has 1 rings (SSSR count). The fourth-order valence-corrected chi connectivity index (χ4v) is 1.34. The molecule has 0 radical (unpaired) electrons. The van der Waals surface area contributed by atoms with Crippen LogP contribution in [0.5, 0.6) is 5.75 Å². The van der Waals surface area contributed by atoms with Crippen LogP contribution in [0.4, 0.5) is 0 Å². The number of carboxylic acid groups (broad SMARTS) is 1. The first kappa shape index (κ1) is 15.0. The molecule has 0 saturated heterocycles. The molecule has 19 heavy (non-hydrogen) atoms. The van der Waals surface area contributed by atoms with E-state index < -0.39 is 11.6 Å². The van der Waals surface area contributed by atoms with Gasteiger partial charge in [0.25, 0.3) is 0 Å². The lowest BCUT2D eigenvalue weighted by Gasteiger charge is -2.18. The topological polar surface area (TPSA) is 95.9 Å². The second-order valence-corrected chi connectivity index (χ2v) is 4.38. The number of benzene rings is 1. The fourth-order valence-electron chi connectivity index (χ4n) is 1.34. The van der Waals surface area contributed by atoms with Gasteiger partial charge in [-0.25, -0.2) is 4.79 Å². The molecule has 1 amide bonds. The molecule has 104 valence electrons. The Morgan fingerprint density at radius 3 is 2.37 bits per heavy atom. The van der Waals surface area contributed by atoms with Gasteiger partial charge in [0.2, 0.25) is 5.91 Å². The summed E-state index contributed by atoms with van der Waals surface area (Å²) in [6, 6.07) is 6.95. The smallest absolute Gasteiger partial charge is 0.337 e. The summed E-state index contributed by atoms with van der Waals surface area (Å²) in [5.74, 6) is -1.04. The van der Waals surface area contributed by atoms with Crippen molar-refractivity contribution >= 4 is 11.9 Å². The van der Waals surface area contributed by atoms with Crippen molar-refractivity contribution in [2.24, 2.45) is 0 Å². The molecule has 1 aromatic rings. The minimum atomic E-state index is -1.96. The van der Waals surface area contributed by atoms with Gasteiger partial charge in [0.15, 0.2) is 5.60 Å². The lowest BCUT2D eigenvalue weighted by atomic mass is 10.1. The van der Waals surface area contributed by atoms with Gasteiger partial charge in [-0.2, -0.15) is 0 Å². The zero-order valence-electron chi connectivity index (χ0n) is 10.8. The summed E-state index contributed by atoms with van der Waals surface area (Å²) in [7, 11) is 1.55. The van der Waals surface area contributed by atoms with Gasteiger partial charge in [-0.3, -0.25) is 4.79 Å². The molecule has 6 nitrogen and oxygen atoms in total. The first-order chi connectivity index (χ1) is 8.85. The van der Waals surface area contributed by atoms with Gasteiger partial charge >= 0.3 is 5.97 Å². The van der Waals surface area contributed by atoms with Gasteiger partial charge in [-0.15, -0.1) is 0 Å². The van der Waals surface area contributed by atoms with Crippen LogP contribution in [-0.2, 0) is 16.0 Å². The van der Waals surface area contributed by atoms with Crippen LogP contribution in [0.2, 0.25) is 0 Å². The van der Waals surface area contributed by atoms with Gasteiger partial charge in [0, 0.05) is 0 Å².